The quantitative estimate of drug-likeness (QED) is 0.822. The molecule has 1 saturated heterocycles. The first-order valence-electron chi connectivity index (χ1n) is 7.80. The van der Waals surface area contributed by atoms with E-state index in [9.17, 15) is 0 Å². The molecule has 0 atom stereocenters. The number of aromatic nitrogens is 1. The largest absolute Gasteiger partial charge is 0.300 e. The molecule has 2 heterocycles. The van der Waals surface area contributed by atoms with Crippen LogP contribution in [0.3, 0.4) is 0 Å². The van der Waals surface area contributed by atoms with E-state index < -0.39 is 0 Å². The number of nitrogens with zero attached hydrogens (tertiary/aromatic N) is 2. The molecule has 0 amide bonds. The lowest BCUT2D eigenvalue weighted by Gasteiger charge is -2.29. The van der Waals surface area contributed by atoms with E-state index in [1.165, 1.54) is 31.5 Å². The molecule has 1 aromatic rings. The van der Waals surface area contributed by atoms with Gasteiger partial charge in [0.1, 0.15) is 0 Å². The van der Waals surface area contributed by atoms with Crippen LogP contribution in [0.4, 0.5) is 0 Å². The van der Waals surface area contributed by atoms with E-state index in [-0.39, 0.29) is 5.41 Å². The molecule has 0 unspecified atom stereocenters. The molecule has 1 aromatic heterocycles. The van der Waals surface area contributed by atoms with E-state index in [0.717, 1.165) is 18.2 Å². The first-order valence-corrected chi connectivity index (χ1v) is 7.80. The normalized spacial score (nSPS) is 18.8. The smallest absolute Gasteiger partial charge is 0.0627 e. The lowest BCUT2D eigenvalue weighted by atomic mass is 9.88. The van der Waals surface area contributed by atoms with Crippen LogP contribution in [-0.4, -0.2) is 29.5 Å². The van der Waals surface area contributed by atoms with Gasteiger partial charge in [-0.05, 0) is 55.0 Å². The highest BCUT2D eigenvalue weighted by atomic mass is 15.1. The summed E-state index contributed by atoms with van der Waals surface area (Å²) >= 11 is 0. The van der Waals surface area contributed by atoms with Gasteiger partial charge in [0, 0.05) is 12.7 Å². The van der Waals surface area contributed by atoms with E-state index in [0.29, 0.717) is 0 Å². The number of hydrogen-bond acceptors (Lipinski definition) is 2. The van der Waals surface area contributed by atoms with E-state index in [1.807, 2.05) is 6.20 Å². The van der Waals surface area contributed by atoms with Gasteiger partial charge in [0.05, 0.1) is 5.69 Å². The van der Waals surface area contributed by atoms with Crippen molar-refractivity contribution in [2.75, 3.05) is 19.6 Å². The van der Waals surface area contributed by atoms with Gasteiger partial charge in [-0.2, -0.15) is 0 Å². The molecule has 0 spiro atoms. The Morgan fingerprint density at radius 2 is 1.95 bits per heavy atom. The summed E-state index contributed by atoms with van der Waals surface area (Å²) in [5.41, 5.74) is 2.53. The van der Waals surface area contributed by atoms with Gasteiger partial charge < -0.3 is 0 Å². The molecule has 0 saturated carbocycles. The Balaban J connectivity index is 1.85. The Morgan fingerprint density at radius 3 is 2.50 bits per heavy atom. The summed E-state index contributed by atoms with van der Waals surface area (Å²) in [6.07, 6.45) is 9.07. The van der Waals surface area contributed by atoms with Crippen molar-refractivity contribution in [3.05, 3.63) is 35.7 Å². The highest BCUT2D eigenvalue weighted by Crippen LogP contribution is 2.21. The molecule has 0 N–H and O–H groups in total. The number of piperidine rings is 1. The molecule has 0 bridgehead atoms. The fourth-order valence-electron chi connectivity index (χ4n) is 2.51. The molecular formula is C18H28N2. The Hall–Kier alpha value is -1.15. The lowest BCUT2D eigenvalue weighted by molar-refractivity contribution is 0.210. The van der Waals surface area contributed by atoms with Crippen molar-refractivity contribution in [3.63, 3.8) is 0 Å². The van der Waals surface area contributed by atoms with Gasteiger partial charge in [-0.1, -0.05) is 39.8 Å². The van der Waals surface area contributed by atoms with Gasteiger partial charge in [-0.15, -0.1) is 0 Å². The third-order valence-corrected chi connectivity index (χ3v) is 4.18. The highest BCUT2D eigenvalue weighted by Gasteiger charge is 2.14. The van der Waals surface area contributed by atoms with Crippen molar-refractivity contribution in [3.8, 4) is 0 Å². The summed E-state index contributed by atoms with van der Waals surface area (Å²) in [4.78, 5) is 7.06. The maximum Gasteiger partial charge on any atom is 0.0627 e. The number of likely N-dealkylation sites (tertiary alicyclic amines) is 1. The van der Waals surface area contributed by atoms with E-state index >= 15 is 0 Å². The van der Waals surface area contributed by atoms with Crippen LogP contribution >= 0.6 is 0 Å². The van der Waals surface area contributed by atoms with Gasteiger partial charge in [0.15, 0.2) is 0 Å². The predicted octanol–water partition coefficient (Wildman–Crippen LogP) is 4.12. The number of pyridine rings is 1. The second-order valence-corrected chi connectivity index (χ2v) is 7.11. The van der Waals surface area contributed by atoms with Crippen LogP contribution in [-0.2, 0) is 5.41 Å². The van der Waals surface area contributed by atoms with Gasteiger partial charge in [-0.25, -0.2) is 0 Å². The zero-order chi connectivity index (χ0) is 14.6. The van der Waals surface area contributed by atoms with E-state index in [1.54, 1.807) is 0 Å². The molecule has 2 rings (SSSR count). The minimum Gasteiger partial charge on any atom is -0.300 e. The Labute approximate surface area is 123 Å². The van der Waals surface area contributed by atoms with Crippen molar-refractivity contribution >= 4 is 6.08 Å². The topological polar surface area (TPSA) is 16.1 Å². The van der Waals surface area contributed by atoms with Crippen LogP contribution in [0.2, 0.25) is 0 Å². The highest BCUT2D eigenvalue weighted by molar-refractivity contribution is 5.45. The van der Waals surface area contributed by atoms with Crippen LogP contribution in [0.25, 0.3) is 6.08 Å². The summed E-state index contributed by atoms with van der Waals surface area (Å²) in [6, 6.07) is 4.31. The first-order chi connectivity index (χ1) is 9.45. The van der Waals surface area contributed by atoms with Gasteiger partial charge in [-0.3, -0.25) is 9.88 Å². The maximum atomic E-state index is 4.53. The van der Waals surface area contributed by atoms with Crippen LogP contribution in [0.15, 0.2) is 24.4 Å². The minimum atomic E-state index is 0.180. The van der Waals surface area contributed by atoms with Crippen molar-refractivity contribution in [2.45, 2.75) is 46.0 Å². The van der Waals surface area contributed by atoms with E-state index in [4.69, 9.17) is 0 Å². The second-order valence-electron chi connectivity index (χ2n) is 7.11. The van der Waals surface area contributed by atoms with Crippen molar-refractivity contribution < 1.29 is 0 Å². The monoisotopic (exact) mass is 272 g/mol. The van der Waals surface area contributed by atoms with Crippen LogP contribution in [0.5, 0.6) is 0 Å². The predicted molar refractivity (Wildman–Crippen MR) is 86.8 cm³/mol. The molecule has 0 radical (unpaired) electrons. The third-order valence-electron chi connectivity index (χ3n) is 4.18. The van der Waals surface area contributed by atoms with Crippen LogP contribution in [0.1, 0.15) is 51.8 Å². The third kappa shape index (κ3) is 4.45. The Kier molecular flexibility index (Phi) is 4.98. The second kappa shape index (κ2) is 6.53. The zero-order valence-corrected chi connectivity index (χ0v) is 13.4. The molecule has 2 heteroatoms. The fourth-order valence-corrected chi connectivity index (χ4v) is 2.51. The molecule has 0 aromatic carbocycles. The Bertz CT molecular complexity index is 431. The van der Waals surface area contributed by atoms with Gasteiger partial charge in [0.2, 0.25) is 0 Å². The molecule has 0 aliphatic carbocycles. The van der Waals surface area contributed by atoms with Crippen molar-refractivity contribution in [2.24, 2.45) is 5.92 Å². The molecule has 110 valence electrons. The van der Waals surface area contributed by atoms with Crippen LogP contribution < -0.4 is 0 Å². The van der Waals surface area contributed by atoms with E-state index in [2.05, 4.69) is 61.9 Å². The van der Waals surface area contributed by atoms with Crippen molar-refractivity contribution in [1.82, 2.24) is 9.88 Å². The average molecular weight is 272 g/mol. The van der Waals surface area contributed by atoms with Crippen LogP contribution in [0, 0.1) is 5.92 Å². The molecule has 20 heavy (non-hydrogen) atoms. The standard InChI is InChI=1S/C18H28N2/c1-15-9-12-20(13-10-15)11-5-6-17-8-7-16(14-19-17)18(2,3)4/h5-8,14-15H,9-13H2,1-4H3/b6-5+. The summed E-state index contributed by atoms with van der Waals surface area (Å²) in [5, 5.41) is 0. The van der Waals surface area contributed by atoms with Crippen molar-refractivity contribution in [1.29, 1.82) is 0 Å². The zero-order valence-electron chi connectivity index (χ0n) is 13.4. The SMILES string of the molecule is CC1CCN(C/C=C/c2ccc(C(C)(C)C)cn2)CC1. The maximum absolute atomic E-state index is 4.53. The number of rotatable bonds is 3. The molecule has 1 fully saturated rings. The number of hydrogen-bond donors (Lipinski definition) is 0. The lowest BCUT2D eigenvalue weighted by Crippen LogP contribution is -2.32. The van der Waals surface area contributed by atoms with Gasteiger partial charge in [0.25, 0.3) is 0 Å². The summed E-state index contributed by atoms with van der Waals surface area (Å²) in [5.74, 6) is 0.904. The summed E-state index contributed by atoms with van der Waals surface area (Å²) in [7, 11) is 0. The molecule has 1 aliphatic rings. The average Bonchev–Trinajstić information content (AvgIpc) is 2.41. The fraction of sp³-hybridized carbons (Fsp3) is 0.611. The Morgan fingerprint density at radius 1 is 1.25 bits per heavy atom. The summed E-state index contributed by atoms with van der Waals surface area (Å²) in [6.45, 7) is 12.5. The minimum absolute atomic E-state index is 0.180. The molecular weight excluding hydrogens is 244 g/mol. The van der Waals surface area contributed by atoms with Gasteiger partial charge >= 0.3 is 0 Å². The molecule has 1 aliphatic heterocycles. The molecule has 2 nitrogen and oxygen atoms in total. The summed E-state index contributed by atoms with van der Waals surface area (Å²) < 4.78 is 0. The first kappa shape index (κ1) is 15.2.